The van der Waals surface area contributed by atoms with E-state index in [9.17, 15) is 18.0 Å². The smallest absolute Gasteiger partial charge is 0.335 e. The fraction of sp³-hybridized carbons (Fsp3) is 0.571. The van der Waals surface area contributed by atoms with Gasteiger partial charge in [-0.25, -0.2) is 9.59 Å². The molecule has 0 bridgehead atoms. The SMILES string of the molecule is CCCC[P+](CCCC)(CCCC)CCCC.O=C(O)c1cc(S(=O)(=O)O)c2cc(C(=O)O)ccc2c1. The first kappa shape index (κ1) is 33.0. The molecule has 2 aromatic rings. The lowest BCUT2D eigenvalue weighted by Crippen LogP contribution is -2.12. The van der Waals surface area contributed by atoms with Crippen molar-refractivity contribution in [1.82, 2.24) is 0 Å². The maximum Gasteiger partial charge on any atom is 0.335 e. The standard InChI is InChI=1S/C16H36P.C12H8O7S/c1-5-9-13-17(14-10-6-2,15-11-7-3)16-12-8-4;13-11(14)7-2-1-6-3-8(12(15)16)5-10(9(6)4-7)20(17,18)19/h5-16H2,1-4H3;1-5H,(H,13,14)(H,15,16)(H,17,18,19)/q+1;. The third-order valence-electron chi connectivity index (χ3n) is 6.63. The Kier molecular flexibility index (Phi) is 14.3. The Labute approximate surface area is 222 Å². The van der Waals surface area contributed by atoms with Crippen LogP contribution in [0.15, 0.2) is 35.2 Å². The number of benzene rings is 2. The van der Waals surface area contributed by atoms with E-state index in [1.807, 2.05) is 0 Å². The Hall–Kier alpha value is -2.02. The zero-order valence-electron chi connectivity index (χ0n) is 22.7. The largest absolute Gasteiger partial charge is 0.478 e. The van der Waals surface area contributed by atoms with Gasteiger partial charge in [-0.05, 0) is 55.3 Å². The summed E-state index contributed by atoms with van der Waals surface area (Å²) in [5.74, 6) is -2.63. The van der Waals surface area contributed by atoms with E-state index in [1.54, 1.807) is 24.6 Å². The lowest BCUT2D eigenvalue weighted by Gasteiger charge is -2.28. The third kappa shape index (κ3) is 10.7. The minimum atomic E-state index is -4.68. The van der Waals surface area contributed by atoms with Crippen LogP contribution in [-0.4, -0.2) is 59.8 Å². The molecule has 208 valence electrons. The molecule has 0 saturated heterocycles. The van der Waals surface area contributed by atoms with Crippen molar-refractivity contribution < 1.29 is 32.8 Å². The fourth-order valence-corrected chi connectivity index (χ4v) is 10.5. The molecule has 0 heterocycles. The van der Waals surface area contributed by atoms with Crippen LogP contribution in [0.5, 0.6) is 0 Å². The van der Waals surface area contributed by atoms with Crippen LogP contribution in [0, 0.1) is 0 Å². The van der Waals surface area contributed by atoms with Gasteiger partial charge in [0.15, 0.2) is 0 Å². The van der Waals surface area contributed by atoms with Crippen LogP contribution in [0.4, 0.5) is 0 Å². The topological polar surface area (TPSA) is 129 Å². The van der Waals surface area contributed by atoms with Crippen molar-refractivity contribution in [2.24, 2.45) is 0 Å². The Morgan fingerprint density at radius 1 is 0.703 bits per heavy atom. The van der Waals surface area contributed by atoms with Crippen LogP contribution in [-0.2, 0) is 10.1 Å². The molecule has 0 aliphatic rings. The summed E-state index contributed by atoms with van der Waals surface area (Å²) in [5, 5.41) is 17.9. The van der Waals surface area contributed by atoms with Crippen molar-refractivity contribution >= 4 is 40.1 Å². The molecule has 2 rings (SSSR count). The fourth-order valence-electron chi connectivity index (χ4n) is 4.44. The molecule has 0 amide bonds. The summed E-state index contributed by atoms with van der Waals surface area (Å²) in [7, 11) is -5.25. The molecule has 0 unspecified atom stereocenters. The van der Waals surface area contributed by atoms with Crippen LogP contribution in [0.3, 0.4) is 0 Å². The molecule has 9 heteroatoms. The van der Waals surface area contributed by atoms with Crippen molar-refractivity contribution in [3.05, 3.63) is 41.5 Å². The van der Waals surface area contributed by atoms with Gasteiger partial charge in [0.1, 0.15) is 4.90 Å². The van der Waals surface area contributed by atoms with E-state index < -0.39 is 34.2 Å². The zero-order chi connectivity index (χ0) is 28.1. The number of unbranched alkanes of at least 4 members (excludes halogenated alkanes) is 4. The minimum absolute atomic E-state index is 0.0580. The average Bonchev–Trinajstić information content (AvgIpc) is 2.86. The summed E-state index contributed by atoms with van der Waals surface area (Å²) in [6.45, 7) is 9.42. The summed E-state index contributed by atoms with van der Waals surface area (Å²) in [5.41, 5.74) is -0.501. The van der Waals surface area contributed by atoms with E-state index in [-0.39, 0.29) is 21.9 Å². The van der Waals surface area contributed by atoms with E-state index in [0.717, 1.165) is 12.1 Å². The average molecular weight is 556 g/mol. The Balaban J connectivity index is 0.000000377. The van der Waals surface area contributed by atoms with Gasteiger partial charge in [-0.1, -0.05) is 59.4 Å². The van der Waals surface area contributed by atoms with Crippen LogP contribution in [0.2, 0.25) is 0 Å². The van der Waals surface area contributed by atoms with Crippen LogP contribution in [0.25, 0.3) is 10.8 Å². The first-order chi connectivity index (χ1) is 17.4. The number of carbonyl (C=O) groups is 2. The number of hydrogen-bond acceptors (Lipinski definition) is 4. The number of rotatable bonds is 15. The van der Waals surface area contributed by atoms with Gasteiger partial charge in [-0.3, -0.25) is 4.55 Å². The van der Waals surface area contributed by atoms with E-state index in [0.29, 0.717) is 0 Å². The summed E-state index contributed by atoms with van der Waals surface area (Å²) >= 11 is 0. The first-order valence-corrected chi connectivity index (χ1v) is 17.3. The maximum absolute atomic E-state index is 11.3. The molecule has 3 N–H and O–H groups in total. The Morgan fingerprint density at radius 2 is 1.14 bits per heavy atom. The Morgan fingerprint density at radius 3 is 1.49 bits per heavy atom. The second-order valence-electron chi connectivity index (χ2n) is 9.65. The molecular formula is C28H44O7PS+. The van der Waals surface area contributed by atoms with E-state index in [4.69, 9.17) is 14.8 Å². The van der Waals surface area contributed by atoms with Crippen molar-refractivity contribution in [3.63, 3.8) is 0 Å². The molecule has 37 heavy (non-hydrogen) atoms. The molecule has 0 atom stereocenters. The number of hydrogen-bond donors (Lipinski definition) is 3. The predicted molar refractivity (Wildman–Crippen MR) is 154 cm³/mol. The second kappa shape index (κ2) is 16.1. The number of carboxylic acid groups (broad SMARTS) is 2. The summed E-state index contributed by atoms with van der Waals surface area (Å²) in [6.07, 6.45) is 17.9. The lowest BCUT2D eigenvalue weighted by molar-refractivity contribution is 0.0685. The minimum Gasteiger partial charge on any atom is -0.478 e. The number of carboxylic acids is 2. The van der Waals surface area contributed by atoms with Crippen molar-refractivity contribution in [2.45, 2.75) is 84.0 Å². The van der Waals surface area contributed by atoms with Crippen molar-refractivity contribution in [2.75, 3.05) is 24.6 Å². The molecule has 2 aromatic carbocycles. The highest BCUT2D eigenvalue weighted by molar-refractivity contribution is 7.86. The summed E-state index contributed by atoms with van der Waals surface area (Å²) in [4.78, 5) is 21.2. The lowest BCUT2D eigenvalue weighted by atomic mass is 10.0. The van der Waals surface area contributed by atoms with Gasteiger partial charge in [-0.2, -0.15) is 8.42 Å². The number of aromatic carboxylic acids is 2. The normalized spacial score (nSPS) is 11.7. The highest BCUT2D eigenvalue weighted by Gasteiger charge is 2.34. The highest BCUT2D eigenvalue weighted by atomic mass is 32.2. The predicted octanol–water partition coefficient (Wildman–Crippen LogP) is 7.69. The molecular weight excluding hydrogens is 511 g/mol. The third-order valence-corrected chi connectivity index (χ3v) is 12.6. The van der Waals surface area contributed by atoms with E-state index in [2.05, 4.69) is 27.7 Å². The van der Waals surface area contributed by atoms with Gasteiger partial charge in [0.2, 0.25) is 0 Å². The maximum atomic E-state index is 11.3. The first-order valence-electron chi connectivity index (χ1n) is 13.3. The van der Waals surface area contributed by atoms with Gasteiger partial charge in [0, 0.05) is 12.6 Å². The summed E-state index contributed by atoms with van der Waals surface area (Å²) in [6, 6.07) is 5.53. The van der Waals surface area contributed by atoms with Gasteiger partial charge >= 0.3 is 11.9 Å². The molecule has 7 nitrogen and oxygen atoms in total. The Bertz CT molecular complexity index is 1090. The van der Waals surface area contributed by atoms with Crippen LogP contribution >= 0.6 is 7.26 Å². The van der Waals surface area contributed by atoms with Gasteiger partial charge in [0.25, 0.3) is 10.1 Å². The van der Waals surface area contributed by atoms with Crippen molar-refractivity contribution in [1.29, 1.82) is 0 Å². The number of fused-ring (bicyclic) bond motifs is 1. The van der Waals surface area contributed by atoms with E-state index in [1.165, 1.54) is 69.6 Å². The van der Waals surface area contributed by atoms with E-state index >= 15 is 0 Å². The van der Waals surface area contributed by atoms with Gasteiger partial charge < -0.3 is 10.2 Å². The van der Waals surface area contributed by atoms with Gasteiger partial charge in [0.05, 0.1) is 35.8 Å². The van der Waals surface area contributed by atoms with Crippen LogP contribution in [0.1, 0.15) is 99.8 Å². The highest BCUT2D eigenvalue weighted by Crippen LogP contribution is 2.61. The van der Waals surface area contributed by atoms with Crippen molar-refractivity contribution in [3.8, 4) is 0 Å². The molecule has 0 aliphatic carbocycles. The molecule has 0 fully saturated rings. The monoisotopic (exact) mass is 555 g/mol. The van der Waals surface area contributed by atoms with Crippen LogP contribution < -0.4 is 0 Å². The zero-order valence-corrected chi connectivity index (χ0v) is 24.4. The molecule has 0 spiro atoms. The quantitative estimate of drug-likeness (QED) is 0.152. The second-order valence-corrected chi connectivity index (χ2v) is 15.5. The molecule has 0 aromatic heterocycles. The summed E-state index contributed by atoms with van der Waals surface area (Å²) < 4.78 is 31.8. The van der Waals surface area contributed by atoms with Gasteiger partial charge in [-0.15, -0.1) is 0 Å². The molecule has 0 saturated carbocycles. The molecule has 0 aliphatic heterocycles. The molecule has 0 radical (unpaired) electrons.